The first kappa shape index (κ1) is 42.2. The second-order valence-corrected chi connectivity index (χ2v) is 14.8. The van der Waals surface area contributed by atoms with Gasteiger partial charge in [-0.2, -0.15) is 4.98 Å². The monoisotopic (exact) mass is 761 g/mol. The van der Waals surface area contributed by atoms with Crippen molar-refractivity contribution < 1.29 is 19.2 Å². The van der Waals surface area contributed by atoms with Gasteiger partial charge in [0, 0.05) is 43.1 Å². The SMILES string of the molecule is CC(=O)Nc1ncnc2c1ncn2C1C(C)C1C.CCC(C)N1C=NC2C(=O)NC(NC(=O)C(C)C)=NC21.CCC(C)n1ccc(NC(=O)C(C)C)nc1=O. The molecule has 3 aliphatic rings. The van der Waals surface area contributed by atoms with Gasteiger partial charge in [-0.3, -0.25) is 39.4 Å². The van der Waals surface area contributed by atoms with E-state index >= 15 is 0 Å². The maximum atomic E-state index is 12.0. The highest BCUT2D eigenvalue weighted by Gasteiger charge is 2.45. The molecule has 4 amide bonds. The molecule has 1 saturated carbocycles. The zero-order valence-corrected chi connectivity index (χ0v) is 33.6. The van der Waals surface area contributed by atoms with Crippen molar-refractivity contribution in [1.29, 1.82) is 0 Å². The summed E-state index contributed by atoms with van der Waals surface area (Å²) < 4.78 is 3.64. The summed E-state index contributed by atoms with van der Waals surface area (Å²) in [6.07, 6.45) is 8.03. The van der Waals surface area contributed by atoms with Crippen LogP contribution < -0.4 is 27.0 Å². The molecule has 1 fully saturated rings. The number of aromatic nitrogens is 6. The predicted molar refractivity (Wildman–Crippen MR) is 210 cm³/mol. The van der Waals surface area contributed by atoms with E-state index in [-0.39, 0.29) is 65.4 Å². The van der Waals surface area contributed by atoms with Crippen LogP contribution in [-0.2, 0) is 19.2 Å². The fourth-order valence-electron chi connectivity index (χ4n) is 5.82. The van der Waals surface area contributed by atoms with Crippen LogP contribution in [0, 0.1) is 23.7 Å². The molecule has 55 heavy (non-hydrogen) atoms. The maximum Gasteiger partial charge on any atom is 0.349 e. The van der Waals surface area contributed by atoms with Crippen molar-refractivity contribution in [3.8, 4) is 0 Å². The Hall–Kier alpha value is -5.55. The van der Waals surface area contributed by atoms with E-state index in [2.05, 4.69) is 83.4 Å². The van der Waals surface area contributed by atoms with Gasteiger partial charge >= 0.3 is 5.69 Å². The molecule has 18 nitrogen and oxygen atoms in total. The van der Waals surface area contributed by atoms with E-state index in [1.54, 1.807) is 57.2 Å². The van der Waals surface area contributed by atoms with Crippen LogP contribution in [0.25, 0.3) is 11.2 Å². The number of amides is 4. The summed E-state index contributed by atoms with van der Waals surface area (Å²) in [5.74, 6) is 1.29. The molecule has 3 aromatic rings. The number of rotatable bonds is 9. The van der Waals surface area contributed by atoms with Crippen molar-refractivity contribution in [2.45, 2.75) is 119 Å². The fraction of sp³-hybridized carbons (Fsp3) is 0.595. The number of hydrogen-bond acceptors (Lipinski definition) is 12. The fourth-order valence-corrected chi connectivity index (χ4v) is 5.82. The van der Waals surface area contributed by atoms with Crippen LogP contribution in [0.2, 0.25) is 0 Å². The van der Waals surface area contributed by atoms with Crippen LogP contribution in [0.4, 0.5) is 11.6 Å². The minimum Gasteiger partial charge on any atom is -0.336 e. The topological polar surface area (TPSA) is 223 Å². The van der Waals surface area contributed by atoms with Crippen molar-refractivity contribution in [2.24, 2.45) is 33.7 Å². The van der Waals surface area contributed by atoms with Crippen LogP contribution in [-0.4, -0.2) is 88.1 Å². The molecular weight excluding hydrogens is 706 g/mol. The normalized spacial score (nSPS) is 22.0. The lowest BCUT2D eigenvalue weighted by molar-refractivity contribution is -0.123. The first-order valence-corrected chi connectivity index (χ1v) is 18.8. The van der Waals surface area contributed by atoms with Crippen LogP contribution in [0.3, 0.4) is 0 Å². The number of carbonyl (C=O) groups excluding carboxylic acids is 4. The number of guanidine groups is 1. The van der Waals surface area contributed by atoms with E-state index in [4.69, 9.17) is 0 Å². The lowest BCUT2D eigenvalue weighted by Crippen LogP contribution is -2.57. The molecule has 6 rings (SSSR count). The van der Waals surface area contributed by atoms with E-state index in [1.807, 2.05) is 18.7 Å². The standard InChI is InChI=1S/C13H21N5O2.C12H15N5O.C12H19N3O2/c1-5-8(4)18-6-14-9-10(18)15-13(17-12(9)20)16-11(19)7(2)3;1-6-7(2)10(6)17-5-15-9-11(16-8(3)18)13-4-14-12(9)17;1-5-9(4)15-7-6-10(14-12(15)17)13-11(16)8(2)3/h6-10H,5H2,1-4H3,(H2,15,16,17,19,20);4-7,10H,1-3H3,(H,13,14,16,18);6-9H,5H2,1-4H3,(H,13,14,16,17). The number of nitrogens with one attached hydrogen (secondary N) is 4. The summed E-state index contributed by atoms with van der Waals surface area (Å²) in [6.45, 7) is 21.1. The molecular formula is C37H55N13O5. The van der Waals surface area contributed by atoms with Gasteiger partial charge in [0.2, 0.25) is 23.7 Å². The van der Waals surface area contributed by atoms with Crippen molar-refractivity contribution in [3.63, 3.8) is 0 Å². The molecule has 4 N–H and O–H groups in total. The summed E-state index contributed by atoms with van der Waals surface area (Å²) in [4.78, 5) is 85.0. The van der Waals surface area contributed by atoms with Gasteiger partial charge in [-0.1, -0.05) is 55.4 Å². The third-order valence-electron chi connectivity index (χ3n) is 10.00. The Balaban J connectivity index is 0.000000184. The van der Waals surface area contributed by atoms with Gasteiger partial charge in [0.1, 0.15) is 12.1 Å². The summed E-state index contributed by atoms with van der Waals surface area (Å²) in [5.41, 5.74) is 1.11. The molecule has 0 saturated heterocycles. The van der Waals surface area contributed by atoms with Crippen molar-refractivity contribution in [3.05, 3.63) is 35.4 Å². The molecule has 1 aliphatic carbocycles. The number of aliphatic imine (C=N–C) groups is 2. The van der Waals surface area contributed by atoms with E-state index in [1.165, 1.54) is 13.3 Å². The Kier molecular flexibility index (Phi) is 14.0. The van der Waals surface area contributed by atoms with Gasteiger partial charge in [-0.15, -0.1) is 0 Å². The zero-order valence-electron chi connectivity index (χ0n) is 33.6. The number of carbonyl (C=O) groups is 4. The number of imidazole rings is 1. The van der Waals surface area contributed by atoms with E-state index in [0.717, 1.165) is 18.5 Å². The second kappa shape index (κ2) is 18.2. The predicted octanol–water partition coefficient (Wildman–Crippen LogP) is 3.50. The highest BCUT2D eigenvalue weighted by molar-refractivity contribution is 6.08. The Bertz CT molecular complexity index is 1980. The van der Waals surface area contributed by atoms with Crippen molar-refractivity contribution in [2.75, 3.05) is 10.6 Å². The summed E-state index contributed by atoms with van der Waals surface area (Å²) in [6, 6.07) is 1.93. The Morgan fingerprint density at radius 2 is 1.51 bits per heavy atom. The van der Waals surface area contributed by atoms with E-state index in [9.17, 15) is 24.0 Å². The van der Waals surface area contributed by atoms with Crippen molar-refractivity contribution >= 4 is 58.7 Å². The Morgan fingerprint density at radius 3 is 2.07 bits per heavy atom. The van der Waals surface area contributed by atoms with Crippen LogP contribution >= 0.6 is 0 Å². The quantitative estimate of drug-likeness (QED) is 0.248. The number of anilines is 2. The highest BCUT2D eigenvalue weighted by atomic mass is 16.2. The molecule has 0 spiro atoms. The Labute approximate surface area is 321 Å². The minimum atomic E-state index is -0.524. The minimum absolute atomic E-state index is 0.116. The smallest absolute Gasteiger partial charge is 0.336 e. The maximum absolute atomic E-state index is 12.0. The molecule has 0 radical (unpaired) electrons. The summed E-state index contributed by atoms with van der Waals surface area (Å²) >= 11 is 0. The molecule has 18 heteroatoms. The van der Waals surface area contributed by atoms with Crippen molar-refractivity contribution in [1.82, 2.24) is 44.6 Å². The first-order valence-electron chi connectivity index (χ1n) is 18.8. The number of hydrogen-bond donors (Lipinski definition) is 4. The average Bonchev–Trinajstić information content (AvgIpc) is 3.46. The third kappa shape index (κ3) is 10.2. The molecule has 5 heterocycles. The summed E-state index contributed by atoms with van der Waals surface area (Å²) in [5, 5.41) is 10.5. The highest BCUT2D eigenvalue weighted by Crippen LogP contribution is 2.50. The molecule has 298 valence electrons. The zero-order chi connectivity index (χ0) is 40.7. The van der Waals surface area contributed by atoms with E-state index < -0.39 is 6.04 Å². The molecule has 0 bridgehead atoms. The molecule has 6 atom stereocenters. The third-order valence-corrected chi connectivity index (χ3v) is 10.00. The van der Waals surface area contributed by atoms with Gasteiger partial charge < -0.3 is 20.1 Å². The number of fused-ring (bicyclic) bond motifs is 2. The van der Waals surface area contributed by atoms with Gasteiger partial charge in [0.05, 0.1) is 12.7 Å². The lowest BCUT2D eigenvalue weighted by Gasteiger charge is -2.32. The molecule has 2 aliphatic heterocycles. The Morgan fingerprint density at radius 1 is 0.873 bits per heavy atom. The lowest BCUT2D eigenvalue weighted by atomic mass is 10.1. The van der Waals surface area contributed by atoms with Gasteiger partial charge in [-0.05, 0) is 44.6 Å². The first-order chi connectivity index (χ1) is 26.0. The van der Waals surface area contributed by atoms with Gasteiger partial charge in [0.25, 0.3) is 5.91 Å². The van der Waals surface area contributed by atoms with E-state index in [0.29, 0.717) is 35.0 Å². The van der Waals surface area contributed by atoms with Gasteiger partial charge in [0.15, 0.2) is 29.2 Å². The van der Waals surface area contributed by atoms with Crippen LogP contribution in [0.5, 0.6) is 0 Å². The largest absolute Gasteiger partial charge is 0.349 e. The molecule has 6 unspecified atom stereocenters. The molecule has 3 aromatic heterocycles. The van der Waals surface area contributed by atoms with Gasteiger partial charge in [-0.25, -0.2) is 24.7 Å². The molecule has 0 aromatic carbocycles. The summed E-state index contributed by atoms with van der Waals surface area (Å²) in [7, 11) is 0. The average molecular weight is 762 g/mol. The second-order valence-electron chi connectivity index (χ2n) is 14.8. The number of nitrogens with zero attached hydrogens (tertiary/aromatic N) is 9. The van der Waals surface area contributed by atoms with Crippen LogP contribution in [0.1, 0.15) is 101 Å². The van der Waals surface area contributed by atoms with Crippen LogP contribution in [0.15, 0.2) is 39.7 Å².